The fraction of sp³-hybridized carbons (Fsp3) is 0.263. The summed E-state index contributed by atoms with van der Waals surface area (Å²) in [5.74, 6) is 0.644. The van der Waals surface area contributed by atoms with Crippen LogP contribution in [0.25, 0.3) is 0 Å². The Balaban J connectivity index is 1.47. The highest BCUT2D eigenvalue weighted by Gasteiger charge is 2.28. The van der Waals surface area contributed by atoms with Crippen LogP contribution in [-0.2, 0) is 6.54 Å². The average Bonchev–Trinajstić information content (AvgIpc) is 3.32. The second kappa shape index (κ2) is 7.60. The number of thiazole rings is 1. The number of pyridine rings is 2. The van der Waals surface area contributed by atoms with Gasteiger partial charge in [-0.25, -0.2) is 9.97 Å². The molecule has 0 aromatic carbocycles. The highest BCUT2D eigenvalue weighted by molar-refractivity contribution is 7.13. The summed E-state index contributed by atoms with van der Waals surface area (Å²) in [5, 5.41) is 15.1. The SMILES string of the molecule is N#Cc1ccnc(Nc2nc([C@@H]3CCCN3Cc3ccncc3)cs2)c1. The van der Waals surface area contributed by atoms with E-state index in [1.165, 1.54) is 12.0 Å². The molecule has 0 saturated carbocycles. The van der Waals surface area contributed by atoms with Gasteiger partial charge in [0.1, 0.15) is 5.82 Å². The van der Waals surface area contributed by atoms with Crippen molar-refractivity contribution in [3.63, 3.8) is 0 Å². The molecule has 3 aromatic rings. The van der Waals surface area contributed by atoms with Crippen molar-refractivity contribution in [3.05, 3.63) is 65.1 Å². The summed E-state index contributed by atoms with van der Waals surface area (Å²) in [4.78, 5) is 15.6. The molecular formula is C19H18N6S. The minimum atomic E-state index is 0.341. The molecule has 6 nitrogen and oxygen atoms in total. The molecule has 0 unspecified atom stereocenters. The zero-order valence-electron chi connectivity index (χ0n) is 14.2. The molecule has 0 bridgehead atoms. The van der Waals surface area contributed by atoms with Crippen molar-refractivity contribution >= 4 is 22.3 Å². The molecule has 130 valence electrons. The van der Waals surface area contributed by atoms with Gasteiger partial charge in [0, 0.05) is 30.5 Å². The normalized spacial score (nSPS) is 17.1. The number of nitrogens with one attached hydrogen (secondary N) is 1. The Hall–Kier alpha value is -2.82. The number of hydrogen-bond donors (Lipinski definition) is 1. The van der Waals surface area contributed by atoms with E-state index in [0.29, 0.717) is 17.4 Å². The fourth-order valence-electron chi connectivity index (χ4n) is 3.25. The number of anilines is 2. The first-order valence-corrected chi connectivity index (χ1v) is 9.41. The van der Waals surface area contributed by atoms with Gasteiger partial charge < -0.3 is 5.32 Å². The third-order valence-electron chi connectivity index (χ3n) is 4.49. The van der Waals surface area contributed by atoms with E-state index >= 15 is 0 Å². The molecule has 7 heteroatoms. The molecule has 0 radical (unpaired) electrons. The van der Waals surface area contributed by atoms with Crippen LogP contribution in [-0.4, -0.2) is 26.4 Å². The van der Waals surface area contributed by atoms with Crippen LogP contribution in [0.4, 0.5) is 10.9 Å². The Kier molecular flexibility index (Phi) is 4.86. The molecule has 1 saturated heterocycles. The van der Waals surface area contributed by atoms with Crippen molar-refractivity contribution in [3.8, 4) is 6.07 Å². The first-order valence-electron chi connectivity index (χ1n) is 8.53. The molecule has 0 amide bonds. The fourth-order valence-corrected chi connectivity index (χ4v) is 4.01. The summed E-state index contributed by atoms with van der Waals surface area (Å²) in [6.07, 6.45) is 7.61. The maximum atomic E-state index is 9.00. The van der Waals surface area contributed by atoms with Gasteiger partial charge in [0.05, 0.1) is 23.4 Å². The molecule has 0 spiro atoms. The topological polar surface area (TPSA) is 77.7 Å². The Bertz CT molecular complexity index is 917. The average molecular weight is 362 g/mol. The number of hydrogen-bond acceptors (Lipinski definition) is 7. The summed E-state index contributed by atoms with van der Waals surface area (Å²) in [6, 6.07) is 10.0. The molecule has 4 heterocycles. The van der Waals surface area contributed by atoms with Crippen LogP contribution < -0.4 is 5.32 Å². The van der Waals surface area contributed by atoms with E-state index in [0.717, 1.165) is 30.3 Å². The minimum absolute atomic E-state index is 0.341. The lowest BCUT2D eigenvalue weighted by Gasteiger charge is -2.23. The standard InChI is InChI=1S/C19H18N6S/c20-11-15-5-8-22-18(10-15)24-19-23-16(13-26-19)17-2-1-9-25(17)12-14-3-6-21-7-4-14/h3-8,10,13,17H,1-2,9,12H2,(H,22,23,24)/t17-/m0/s1. The lowest BCUT2D eigenvalue weighted by atomic mass is 10.1. The second-order valence-corrected chi connectivity index (χ2v) is 7.09. The van der Waals surface area contributed by atoms with Crippen LogP contribution in [0.2, 0.25) is 0 Å². The third kappa shape index (κ3) is 3.72. The van der Waals surface area contributed by atoms with E-state index in [-0.39, 0.29) is 0 Å². The Labute approximate surface area is 156 Å². The van der Waals surface area contributed by atoms with E-state index in [1.54, 1.807) is 29.7 Å². The third-order valence-corrected chi connectivity index (χ3v) is 5.26. The number of nitrogens with zero attached hydrogens (tertiary/aromatic N) is 5. The first kappa shape index (κ1) is 16.6. The largest absolute Gasteiger partial charge is 0.316 e. The van der Waals surface area contributed by atoms with Gasteiger partial charge in [0.15, 0.2) is 5.13 Å². The summed E-state index contributed by atoms with van der Waals surface area (Å²) in [6.45, 7) is 2.00. The molecule has 1 atom stereocenters. The van der Waals surface area contributed by atoms with Crippen LogP contribution in [0.1, 0.15) is 35.7 Å². The predicted octanol–water partition coefficient (Wildman–Crippen LogP) is 3.89. The molecule has 1 N–H and O–H groups in total. The molecule has 26 heavy (non-hydrogen) atoms. The highest BCUT2D eigenvalue weighted by Crippen LogP contribution is 2.35. The van der Waals surface area contributed by atoms with Gasteiger partial charge in [0.2, 0.25) is 0 Å². The number of rotatable bonds is 5. The van der Waals surface area contributed by atoms with Gasteiger partial charge in [-0.15, -0.1) is 11.3 Å². The molecule has 4 rings (SSSR count). The van der Waals surface area contributed by atoms with Crippen molar-refractivity contribution in [2.75, 3.05) is 11.9 Å². The van der Waals surface area contributed by atoms with Gasteiger partial charge >= 0.3 is 0 Å². The summed E-state index contributed by atoms with van der Waals surface area (Å²) in [5.41, 5.74) is 2.96. The Morgan fingerprint density at radius 3 is 3.00 bits per heavy atom. The smallest absolute Gasteiger partial charge is 0.188 e. The molecule has 0 aliphatic carbocycles. The number of nitriles is 1. The summed E-state index contributed by atoms with van der Waals surface area (Å²) >= 11 is 1.57. The van der Waals surface area contributed by atoms with E-state index < -0.39 is 0 Å². The van der Waals surface area contributed by atoms with Gasteiger partial charge in [-0.2, -0.15) is 5.26 Å². The van der Waals surface area contributed by atoms with E-state index in [1.807, 2.05) is 12.4 Å². The molecule has 1 fully saturated rings. The van der Waals surface area contributed by atoms with Gasteiger partial charge in [0.25, 0.3) is 0 Å². The zero-order valence-corrected chi connectivity index (χ0v) is 15.0. The van der Waals surface area contributed by atoms with Crippen LogP contribution in [0.5, 0.6) is 0 Å². The molecule has 3 aromatic heterocycles. The van der Waals surface area contributed by atoms with Crippen molar-refractivity contribution < 1.29 is 0 Å². The quantitative estimate of drug-likeness (QED) is 0.742. The van der Waals surface area contributed by atoms with Crippen LogP contribution >= 0.6 is 11.3 Å². The van der Waals surface area contributed by atoms with E-state index in [2.05, 4.69) is 43.8 Å². The maximum Gasteiger partial charge on any atom is 0.188 e. The number of aromatic nitrogens is 3. The predicted molar refractivity (Wildman–Crippen MR) is 101 cm³/mol. The summed E-state index contributed by atoms with van der Waals surface area (Å²) < 4.78 is 0. The van der Waals surface area contributed by atoms with Crippen molar-refractivity contribution in [2.24, 2.45) is 0 Å². The second-order valence-electron chi connectivity index (χ2n) is 6.23. The Morgan fingerprint density at radius 2 is 2.15 bits per heavy atom. The van der Waals surface area contributed by atoms with Crippen molar-refractivity contribution in [1.29, 1.82) is 5.26 Å². The minimum Gasteiger partial charge on any atom is -0.316 e. The van der Waals surface area contributed by atoms with Gasteiger partial charge in [-0.1, -0.05) is 0 Å². The molecular weight excluding hydrogens is 344 g/mol. The Morgan fingerprint density at radius 1 is 1.27 bits per heavy atom. The van der Waals surface area contributed by atoms with Crippen molar-refractivity contribution in [2.45, 2.75) is 25.4 Å². The lowest BCUT2D eigenvalue weighted by molar-refractivity contribution is 0.245. The molecule has 1 aliphatic heterocycles. The lowest BCUT2D eigenvalue weighted by Crippen LogP contribution is -2.23. The first-order chi connectivity index (χ1) is 12.8. The van der Waals surface area contributed by atoms with Crippen molar-refractivity contribution in [1.82, 2.24) is 19.9 Å². The van der Waals surface area contributed by atoms with Crippen LogP contribution in [0.3, 0.4) is 0 Å². The van der Waals surface area contributed by atoms with Gasteiger partial charge in [-0.3, -0.25) is 9.88 Å². The maximum absolute atomic E-state index is 9.00. The summed E-state index contributed by atoms with van der Waals surface area (Å²) in [7, 11) is 0. The van der Waals surface area contributed by atoms with E-state index in [4.69, 9.17) is 10.2 Å². The van der Waals surface area contributed by atoms with E-state index in [9.17, 15) is 0 Å². The van der Waals surface area contributed by atoms with Crippen LogP contribution in [0.15, 0.2) is 48.2 Å². The van der Waals surface area contributed by atoms with Crippen LogP contribution in [0, 0.1) is 11.3 Å². The monoisotopic (exact) mass is 362 g/mol. The van der Waals surface area contributed by atoms with Gasteiger partial charge in [-0.05, 0) is 49.2 Å². The number of likely N-dealkylation sites (tertiary alicyclic amines) is 1. The molecule has 1 aliphatic rings. The highest BCUT2D eigenvalue weighted by atomic mass is 32.1. The zero-order chi connectivity index (χ0) is 17.8.